The molecule has 1 saturated carbocycles. The van der Waals surface area contributed by atoms with Gasteiger partial charge in [0.25, 0.3) is 0 Å². The minimum atomic E-state index is -0.538. The number of unbranched alkanes of at least 4 members (excludes halogenated alkanes) is 3. The third kappa shape index (κ3) is 9.43. The van der Waals surface area contributed by atoms with Gasteiger partial charge in [0.15, 0.2) is 0 Å². The van der Waals surface area contributed by atoms with Crippen LogP contribution in [-0.4, -0.2) is 29.1 Å². The third-order valence-electron chi connectivity index (χ3n) is 6.38. The van der Waals surface area contributed by atoms with Gasteiger partial charge in [-0.05, 0) is 61.8 Å². The summed E-state index contributed by atoms with van der Waals surface area (Å²) in [6.07, 6.45) is 7.91. The maximum Gasteiger partial charge on any atom is 0.328 e. The van der Waals surface area contributed by atoms with Crippen LogP contribution in [0.3, 0.4) is 0 Å². The van der Waals surface area contributed by atoms with Crippen molar-refractivity contribution in [1.29, 1.82) is 0 Å². The highest BCUT2D eigenvalue weighted by Gasteiger charge is 2.26. The zero-order valence-electron chi connectivity index (χ0n) is 20.7. The van der Waals surface area contributed by atoms with Gasteiger partial charge < -0.3 is 10.1 Å². The molecule has 0 saturated heterocycles. The monoisotopic (exact) mass is 495 g/mol. The van der Waals surface area contributed by atoms with E-state index in [0.29, 0.717) is 19.4 Å². The smallest absolute Gasteiger partial charge is 0.328 e. The van der Waals surface area contributed by atoms with Crippen LogP contribution < -0.4 is 16.1 Å². The molecule has 8 heteroatoms. The topological polar surface area (TPSA) is 117 Å². The summed E-state index contributed by atoms with van der Waals surface area (Å²) in [6, 6.07) is 16.7. The van der Waals surface area contributed by atoms with Gasteiger partial charge in [-0.15, -0.1) is 0 Å². The van der Waals surface area contributed by atoms with Crippen LogP contribution in [0.2, 0.25) is 0 Å². The van der Waals surface area contributed by atoms with Crippen molar-refractivity contribution in [2.45, 2.75) is 82.9 Å². The van der Waals surface area contributed by atoms with Crippen LogP contribution in [0, 0.1) is 0 Å². The highest BCUT2D eigenvalue weighted by atomic mass is 16.5. The second kappa shape index (κ2) is 15.0. The molecule has 0 radical (unpaired) electrons. The van der Waals surface area contributed by atoms with E-state index in [0.717, 1.165) is 61.8 Å². The SMILES string of the molecule is O=C(CCCCCCC(=O)Nc1ccc(CN[C@@H](C(=O)OC2CCCC2)c2ccccc2)cc1)NO. The Morgan fingerprint density at radius 3 is 2.14 bits per heavy atom. The fourth-order valence-electron chi connectivity index (χ4n) is 4.35. The van der Waals surface area contributed by atoms with E-state index in [4.69, 9.17) is 9.94 Å². The molecule has 0 unspecified atom stereocenters. The maximum absolute atomic E-state index is 12.9. The Hall–Kier alpha value is -3.23. The summed E-state index contributed by atoms with van der Waals surface area (Å²) in [5.74, 6) is -0.674. The Labute approximate surface area is 212 Å². The third-order valence-corrected chi connectivity index (χ3v) is 6.38. The average Bonchev–Trinajstić information content (AvgIpc) is 3.40. The highest BCUT2D eigenvalue weighted by molar-refractivity contribution is 5.90. The number of amides is 2. The number of carbonyl (C=O) groups is 3. The first-order valence-corrected chi connectivity index (χ1v) is 12.9. The molecule has 1 aliphatic carbocycles. The molecular weight excluding hydrogens is 458 g/mol. The molecule has 0 spiro atoms. The molecule has 1 aliphatic rings. The Morgan fingerprint density at radius 2 is 1.50 bits per heavy atom. The maximum atomic E-state index is 12.9. The predicted molar refractivity (Wildman–Crippen MR) is 137 cm³/mol. The number of ether oxygens (including phenoxy) is 1. The van der Waals surface area contributed by atoms with Gasteiger partial charge in [0, 0.05) is 25.1 Å². The lowest BCUT2D eigenvalue weighted by Gasteiger charge is -2.21. The number of esters is 1. The van der Waals surface area contributed by atoms with Crippen molar-refractivity contribution in [3.05, 3.63) is 65.7 Å². The van der Waals surface area contributed by atoms with Gasteiger partial charge in [-0.1, -0.05) is 55.3 Å². The van der Waals surface area contributed by atoms with Gasteiger partial charge in [0.1, 0.15) is 12.1 Å². The Balaban J connectivity index is 1.43. The van der Waals surface area contributed by atoms with E-state index in [9.17, 15) is 14.4 Å². The van der Waals surface area contributed by atoms with Crippen LogP contribution in [0.5, 0.6) is 0 Å². The van der Waals surface area contributed by atoms with E-state index >= 15 is 0 Å². The van der Waals surface area contributed by atoms with Gasteiger partial charge in [-0.25, -0.2) is 10.3 Å². The van der Waals surface area contributed by atoms with Crippen molar-refractivity contribution in [3.63, 3.8) is 0 Å². The van der Waals surface area contributed by atoms with Crippen molar-refractivity contribution in [2.75, 3.05) is 5.32 Å². The molecule has 194 valence electrons. The molecule has 1 atom stereocenters. The first-order valence-electron chi connectivity index (χ1n) is 12.9. The number of hydrogen-bond donors (Lipinski definition) is 4. The lowest BCUT2D eigenvalue weighted by atomic mass is 10.1. The van der Waals surface area contributed by atoms with Crippen molar-refractivity contribution in [2.24, 2.45) is 0 Å². The summed E-state index contributed by atoms with van der Waals surface area (Å²) in [5, 5.41) is 14.7. The number of carbonyl (C=O) groups excluding carboxylic acids is 3. The fourth-order valence-corrected chi connectivity index (χ4v) is 4.35. The number of nitrogens with one attached hydrogen (secondary N) is 3. The number of benzene rings is 2. The van der Waals surface area contributed by atoms with E-state index < -0.39 is 6.04 Å². The van der Waals surface area contributed by atoms with Crippen LogP contribution in [0.15, 0.2) is 54.6 Å². The largest absolute Gasteiger partial charge is 0.461 e. The molecule has 0 heterocycles. The quantitative estimate of drug-likeness (QED) is 0.130. The second-order valence-corrected chi connectivity index (χ2v) is 9.26. The van der Waals surface area contributed by atoms with E-state index in [2.05, 4.69) is 10.6 Å². The van der Waals surface area contributed by atoms with Crippen molar-refractivity contribution in [3.8, 4) is 0 Å². The molecule has 2 aromatic rings. The molecule has 4 N–H and O–H groups in total. The Kier molecular flexibility index (Phi) is 11.4. The summed E-state index contributed by atoms with van der Waals surface area (Å²) in [7, 11) is 0. The zero-order chi connectivity index (χ0) is 25.6. The molecule has 0 aliphatic heterocycles. The van der Waals surface area contributed by atoms with Gasteiger partial charge in [0.2, 0.25) is 11.8 Å². The first-order chi connectivity index (χ1) is 17.5. The Morgan fingerprint density at radius 1 is 0.861 bits per heavy atom. The van der Waals surface area contributed by atoms with Gasteiger partial charge in [-0.3, -0.25) is 20.1 Å². The average molecular weight is 496 g/mol. The Bertz CT molecular complexity index is 959. The van der Waals surface area contributed by atoms with E-state index in [1.165, 1.54) is 0 Å². The summed E-state index contributed by atoms with van der Waals surface area (Å²) in [4.78, 5) is 36.1. The van der Waals surface area contributed by atoms with Gasteiger partial charge in [-0.2, -0.15) is 0 Å². The van der Waals surface area contributed by atoms with Crippen LogP contribution in [-0.2, 0) is 25.7 Å². The second-order valence-electron chi connectivity index (χ2n) is 9.26. The molecule has 3 rings (SSSR count). The van der Waals surface area contributed by atoms with Crippen LogP contribution >= 0.6 is 0 Å². The molecule has 0 aromatic heterocycles. The van der Waals surface area contributed by atoms with E-state index in [1.807, 2.05) is 54.6 Å². The molecule has 2 aromatic carbocycles. The fraction of sp³-hybridized carbons (Fsp3) is 0.464. The normalized spacial score (nSPS) is 14.2. The van der Waals surface area contributed by atoms with Crippen LogP contribution in [0.4, 0.5) is 5.69 Å². The molecule has 1 fully saturated rings. The minimum Gasteiger partial charge on any atom is -0.461 e. The minimum absolute atomic E-state index is 0.0150. The lowest BCUT2D eigenvalue weighted by Crippen LogP contribution is -2.32. The molecule has 8 nitrogen and oxygen atoms in total. The first kappa shape index (κ1) is 27.4. The summed E-state index contributed by atoms with van der Waals surface area (Å²) >= 11 is 0. The summed E-state index contributed by atoms with van der Waals surface area (Å²) in [6.45, 7) is 0.488. The van der Waals surface area contributed by atoms with Crippen LogP contribution in [0.1, 0.15) is 81.4 Å². The number of hydroxylamine groups is 1. The number of rotatable bonds is 14. The van der Waals surface area contributed by atoms with Crippen molar-refractivity contribution in [1.82, 2.24) is 10.8 Å². The molecular formula is C28H37N3O5. The summed E-state index contributed by atoms with van der Waals surface area (Å²) in [5.41, 5.74) is 4.21. The molecule has 36 heavy (non-hydrogen) atoms. The molecule has 0 bridgehead atoms. The van der Waals surface area contributed by atoms with Gasteiger partial charge >= 0.3 is 5.97 Å². The number of anilines is 1. The predicted octanol–water partition coefficient (Wildman–Crippen LogP) is 4.79. The van der Waals surface area contributed by atoms with Crippen molar-refractivity contribution < 1.29 is 24.3 Å². The van der Waals surface area contributed by atoms with Crippen molar-refractivity contribution >= 4 is 23.5 Å². The standard InChI is InChI=1S/C28H37N3O5/c32-25(14-6-1-2-7-15-26(33)31-35)30-23-18-16-21(17-19-23)20-29-27(22-10-4-3-5-11-22)28(34)36-24-12-8-9-13-24/h3-5,10-11,16-19,24,27,29,35H,1-2,6-9,12-15,20H2,(H,30,32)(H,31,33)/t27-/m1/s1. The zero-order valence-corrected chi connectivity index (χ0v) is 20.7. The highest BCUT2D eigenvalue weighted by Crippen LogP contribution is 2.24. The van der Waals surface area contributed by atoms with Gasteiger partial charge in [0.05, 0.1) is 0 Å². The van der Waals surface area contributed by atoms with E-state index in [-0.39, 0.29) is 30.3 Å². The summed E-state index contributed by atoms with van der Waals surface area (Å²) < 4.78 is 5.77. The molecule has 2 amide bonds. The number of hydrogen-bond acceptors (Lipinski definition) is 6. The van der Waals surface area contributed by atoms with E-state index in [1.54, 1.807) is 5.48 Å². The lowest BCUT2D eigenvalue weighted by molar-refractivity contribution is -0.151. The van der Waals surface area contributed by atoms with Crippen LogP contribution in [0.25, 0.3) is 0 Å².